The molecule has 0 saturated carbocycles. The smallest absolute Gasteiger partial charge is 0.225 e. The van der Waals surface area contributed by atoms with E-state index in [9.17, 15) is 4.79 Å². The summed E-state index contributed by atoms with van der Waals surface area (Å²) in [5.74, 6) is 1.28. The minimum absolute atomic E-state index is 0. The Balaban J connectivity index is 0.00000160. The molecule has 1 N–H and O–H groups in total. The van der Waals surface area contributed by atoms with Crippen molar-refractivity contribution in [3.63, 3.8) is 0 Å². The third-order valence-electron chi connectivity index (χ3n) is 4.90. The third kappa shape index (κ3) is 5.29. The fourth-order valence-corrected chi connectivity index (χ4v) is 3.46. The van der Waals surface area contributed by atoms with Crippen LogP contribution in [0.4, 0.5) is 5.95 Å². The first-order valence-electron chi connectivity index (χ1n) is 9.32. The second-order valence-corrected chi connectivity index (χ2v) is 6.80. The summed E-state index contributed by atoms with van der Waals surface area (Å²) in [6.07, 6.45) is 8.80. The molecule has 0 amide bonds. The number of hydrogen-bond acceptors (Lipinski definition) is 8. The number of aromatic nitrogens is 6. The summed E-state index contributed by atoms with van der Waals surface area (Å²) in [7, 11) is 0. The van der Waals surface area contributed by atoms with Gasteiger partial charge in [0.25, 0.3) is 0 Å². The second-order valence-electron chi connectivity index (χ2n) is 6.80. The molecule has 0 aromatic carbocycles. The SMILES string of the molecule is CC1CN(CCC(=O)c2cn[nH]c2-c2ncccn2)CCN1c1ncccn1.Cl.Cl. The van der Waals surface area contributed by atoms with Gasteiger partial charge in [-0.1, -0.05) is 0 Å². The number of anilines is 1. The molecule has 0 spiro atoms. The number of nitrogens with one attached hydrogen (secondary N) is 1. The first-order valence-corrected chi connectivity index (χ1v) is 9.32. The second kappa shape index (κ2) is 11.0. The van der Waals surface area contributed by atoms with Crippen molar-refractivity contribution < 1.29 is 4.79 Å². The van der Waals surface area contributed by atoms with E-state index in [0.29, 0.717) is 30.0 Å². The van der Waals surface area contributed by atoms with Crippen molar-refractivity contribution in [2.24, 2.45) is 0 Å². The van der Waals surface area contributed by atoms with Crippen molar-refractivity contribution in [3.05, 3.63) is 48.7 Å². The number of piperazine rings is 1. The Kier molecular flexibility index (Phi) is 8.64. The van der Waals surface area contributed by atoms with Crippen LogP contribution in [0.1, 0.15) is 23.7 Å². The summed E-state index contributed by atoms with van der Waals surface area (Å²) in [6.45, 7) is 5.44. The predicted octanol–water partition coefficient (Wildman–Crippen LogP) is 2.28. The topological polar surface area (TPSA) is 104 Å². The third-order valence-corrected chi connectivity index (χ3v) is 4.90. The molecule has 0 bridgehead atoms. The van der Waals surface area contributed by atoms with Gasteiger partial charge in [-0.05, 0) is 19.1 Å². The van der Waals surface area contributed by atoms with Crippen LogP contribution < -0.4 is 4.90 Å². The van der Waals surface area contributed by atoms with Gasteiger partial charge in [0.15, 0.2) is 11.6 Å². The summed E-state index contributed by atoms with van der Waals surface area (Å²) < 4.78 is 0. The lowest BCUT2D eigenvalue weighted by atomic mass is 10.1. The first kappa shape index (κ1) is 23.7. The van der Waals surface area contributed by atoms with Gasteiger partial charge < -0.3 is 4.90 Å². The first-order chi connectivity index (χ1) is 13.7. The van der Waals surface area contributed by atoms with E-state index in [1.165, 1.54) is 0 Å². The molecular weight excluding hydrogens is 427 g/mol. The maximum absolute atomic E-state index is 12.7. The lowest BCUT2D eigenvalue weighted by molar-refractivity contribution is 0.0959. The Bertz CT molecular complexity index is 925. The molecule has 1 unspecified atom stereocenters. The summed E-state index contributed by atoms with van der Waals surface area (Å²) in [5, 5.41) is 6.85. The quantitative estimate of drug-likeness (QED) is 0.570. The van der Waals surface area contributed by atoms with E-state index in [2.05, 4.69) is 46.9 Å². The lowest BCUT2D eigenvalue weighted by Crippen LogP contribution is -2.52. The normalized spacial score (nSPS) is 16.4. The zero-order chi connectivity index (χ0) is 19.3. The van der Waals surface area contributed by atoms with E-state index in [0.717, 1.165) is 25.6 Å². The minimum Gasteiger partial charge on any atom is -0.336 e. The Morgan fingerprint density at radius 1 is 1.07 bits per heavy atom. The van der Waals surface area contributed by atoms with Crippen molar-refractivity contribution >= 4 is 36.5 Å². The Labute approximate surface area is 187 Å². The molecule has 1 fully saturated rings. The molecule has 3 aromatic rings. The fraction of sp³-hybridized carbons (Fsp3) is 0.368. The van der Waals surface area contributed by atoms with Crippen LogP contribution in [-0.4, -0.2) is 73.0 Å². The van der Waals surface area contributed by atoms with Crippen molar-refractivity contribution in [2.75, 3.05) is 31.1 Å². The molecule has 11 heteroatoms. The van der Waals surface area contributed by atoms with Crippen LogP contribution in [0, 0.1) is 0 Å². The van der Waals surface area contributed by atoms with E-state index < -0.39 is 0 Å². The number of rotatable bonds is 6. The van der Waals surface area contributed by atoms with Crippen molar-refractivity contribution in [1.82, 2.24) is 35.0 Å². The number of H-pyrrole nitrogens is 1. The molecule has 9 nitrogen and oxygen atoms in total. The van der Waals surface area contributed by atoms with Gasteiger partial charge in [-0.3, -0.25) is 14.8 Å². The number of carbonyl (C=O) groups excluding carboxylic acids is 1. The molecule has 4 heterocycles. The summed E-state index contributed by atoms with van der Waals surface area (Å²) in [4.78, 5) is 34.3. The highest BCUT2D eigenvalue weighted by Crippen LogP contribution is 2.19. The van der Waals surface area contributed by atoms with Crippen LogP contribution in [0.2, 0.25) is 0 Å². The van der Waals surface area contributed by atoms with E-state index in [-0.39, 0.29) is 36.6 Å². The van der Waals surface area contributed by atoms with Gasteiger partial charge in [-0.25, -0.2) is 19.9 Å². The van der Waals surface area contributed by atoms with Crippen molar-refractivity contribution in [1.29, 1.82) is 0 Å². The highest BCUT2D eigenvalue weighted by Gasteiger charge is 2.26. The molecule has 160 valence electrons. The predicted molar refractivity (Wildman–Crippen MR) is 118 cm³/mol. The van der Waals surface area contributed by atoms with E-state index in [4.69, 9.17) is 0 Å². The highest BCUT2D eigenvalue weighted by molar-refractivity contribution is 6.00. The summed E-state index contributed by atoms with van der Waals surface area (Å²) in [5.41, 5.74) is 1.11. The molecule has 3 aromatic heterocycles. The van der Waals surface area contributed by atoms with Crippen LogP contribution in [0.15, 0.2) is 43.1 Å². The standard InChI is InChI=1S/C19H22N8O.2ClH/c1-14-13-26(10-11-27(14)19-22-7-3-8-23-19)9-4-16(28)15-12-24-25-17(15)18-20-5-2-6-21-18;;/h2-3,5-8,12,14H,4,9-11,13H2,1H3,(H,24,25);2*1H. The maximum atomic E-state index is 12.7. The molecule has 30 heavy (non-hydrogen) atoms. The lowest BCUT2D eigenvalue weighted by Gasteiger charge is -2.39. The van der Waals surface area contributed by atoms with Crippen LogP contribution >= 0.6 is 24.8 Å². The van der Waals surface area contributed by atoms with E-state index in [1.54, 1.807) is 37.1 Å². The molecular formula is C19H24Cl2N8O. The highest BCUT2D eigenvalue weighted by atomic mass is 35.5. The molecule has 4 rings (SSSR count). The Morgan fingerprint density at radius 2 is 1.73 bits per heavy atom. The number of nitrogens with zero attached hydrogens (tertiary/aromatic N) is 7. The number of Topliss-reactive ketones (excluding diaryl/α,β-unsaturated/α-hetero) is 1. The fourth-order valence-electron chi connectivity index (χ4n) is 3.46. The Morgan fingerprint density at radius 3 is 2.40 bits per heavy atom. The van der Waals surface area contributed by atoms with Crippen LogP contribution in [0.3, 0.4) is 0 Å². The average molecular weight is 451 g/mol. The summed E-state index contributed by atoms with van der Waals surface area (Å²) in [6, 6.07) is 3.84. The Hall–Kier alpha value is -2.62. The largest absolute Gasteiger partial charge is 0.336 e. The monoisotopic (exact) mass is 450 g/mol. The van der Waals surface area contributed by atoms with Crippen LogP contribution in [0.5, 0.6) is 0 Å². The number of hydrogen-bond donors (Lipinski definition) is 1. The zero-order valence-corrected chi connectivity index (χ0v) is 18.1. The molecule has 1 atom stereocenters. The molecule has 0 aliphatic carbocycles. The van der Waals surface area contributed by atoms with Crippen LogP contribution in [0.25, 0.3) is 11.5 Å². The molecule has 1 aliphatic rings. The molecule has 1 aliphatic heterocycles. The van der Waals surface area contributed by atoms with Crippen molar-refractivity contribution in [3.8, 4) is 11.5 Å². The zero-order valence-electron chi connectivity index (χ0n) is 16.5. The van der Waals surface area contributed by atoms with E-state index in [1.807, 2.05) is 6.07 Å². The van der Waals surface area contributed by atoms with Gasteiger partial charge in [0.2, 0.25) is 5.95 Å². The van der Waals surface area contributed by atoms with Crippen LogP contribution in [-0.2, 0) is 0 Å². The van der Waals surface area contributed by atoms with Gasteiger partial charge in [0.05, 0.1) is 11.8 Å². The number of carbonyl (C=O) groups is 1. The minimum atomic E-state index is 0. The number of aromatic amines is 1. The maximum Gasteiger partial charge on any atom is 0.225 e. The molecule has 1 saturated heterocycles. The van der Waals surface area contributed by atoms with Gasteiger partial charge in [-0.2, -0.15) is 5.10 Å². The average Bonchev–Trinajstić information content (AvgIpc) is 3.23. The van der Waals surface area contributed by atoms with Gasteiger partial charge in [0, 0.05) is 63.4 Å². The van der Waals surface area contributed by atoms with Gasteiger partial charge in [0.1, 0.15) is 5.69 Å². The molecule has 0 radical (unpaired) electrons. The number of halogens is 2. The van der Waals surface area contributed by atoms with Crippen molar-refractivity contribution in [2.45, 2.75) is 19.4 Å². The number of ketones is 1. The van der Waals surface area contributed by atoms with E-state index >= 15 is 0 Å². The van der Waals surface area contributed by atoms with Gasteiger partial charge >= 0.3 is 0 Å². The van der Waals surface area contributed by atoms with Gasteiger partial charge in [-0.15, -0.1) is 24.8 Å². The summed E-state index contributed by atoms with van der Waals surface area (Å²) >= 11 is 0.